The molecule has 1 atom stereocenters. The lowest BCUT2D eigenvalue weighted by molar-refractivity contribution is 0.0204. The molecule has 0 bridgehead atoms. The van der Waals surface area contributed by atoms with Crippen molar-refractivity contribution < 1.29 is 19.4 Å². The molecule has 0 spiro atoms. The van der Waals surface area contributed by atoms with Crippen LogP contribution in [0.3, 0.4) is 0 Å². The fourth-order valence-electron chi connectivity index (χ4n) is 1.63. The van der Waals surface area contributed by atoms with Gasteiger partial charge in [-0.25, -0.2) is 4.79 Å². The van der Waals surface area contributed by atoms with Gasteiger partial charge in [0.15, 0.2) is 0 Å². The maximum absolute atomic E-state index is 11.6. The Morgan fingerprint density at radius 1 is 1.30 bits per heavy atom. The quantitative estimate of drug-likeness (QED) is 0.839. The van der Waals surface area contributed by atoms with E-state index < -0.39 is 11.7 Å². The fraction of sp³-hybridized carbons (Fsp3) is 0.533. The Bertz CT molecular complexity index is 400. The molecule has 0 aromatic heterocycles. The molecule has 20 heavy (non-hydrogen) atoms. The van der Waals surface area contributed by atoms with Crippen LogP contribution in [0.2, 0.25) is 0 Å². The number of hydrogen-bond donors (Lipinski definition) is 2. The largest absolute Gasteiger partial charge is 0.444 e. The number of benzene rings is 1. The van der Waals surface area contributed by atoms with E-state index in [4.69, 9.17) is 14.6 Å². The molecular formula is C15H23NO4. The third-order valence-corrected chi connectivity index (χ3v) is 2.41. The third kappa shape index (κ3) is 6.54. The van der Waals surface area contributed by atoms with Crippen molar-refractivity contribution in [3.05, 3.63) is 35.9 Å². The van der Waals surface area contributed by atoms with Crippen LogP contribution < -0.4 is 5.32 Å². The molecule has 1 amide bonds. The second-order valence-electron chi connectivity index (χ2n) is 5.38. The lowest BCUT2D eigenvalue weighted by atomic mass is 10.1. The molecule has 0 heterocycles. The zero-order chi connectivity index (χ0) is 15.0. The van der Waals surface area contributed by atoms with E-state index in [1.165, 1.54) is 0 Å². The number of aliphatic hydroxyl groups is 1. The second kappa shape index (κ2) is 7.87. The first-order valence-electron chi connectivity index (χ1n) is 6.66. The van der Waals surface area contributed by atoms with E-state index in [0.717, 1.165) is 5.56 Å². The van der Waals surface area contributed by atoms with Crippen LogP contribution in [0.15, 0.2) is 30.3 Å². The Morgan fingerprint density at radius 2 is 1.95 bits per heavy atom. The molecule has 5 nitrogen and oxygen atoms in total. The zero-order valence-corrected chi connectivity index (χ0v) is 12.3. The third-order valence-electron chi connectivity index (χ3n) is 2.41. The fourth-order valence-corrected chi connectivity index (χ4v) is 1.63. The van der Waals surface area contributed by atoms with Crippen LogP contribution in [0.25, 0.3) is 0 Å². The molecule has 5 heteroatoms. The van der Waals surface area contributed by atoms with Crippen LogP contribution in [0, 0.1) is 0 Å². The molecule has 0 saturated carbocycles. The Labute approximate surface area is 119 Å². The highest BCUT2D eigenvalue weighted by atomic mass is 16.6. The van der Waals surface area contributed by atoms with E-state index >= 15 is 0 Å². The molecule has 2 N–H and O–H groups in total. The van der Waals surface area contributed by atoms with Crippen molar-refractivity contribution in [2.24, 2.45) is 0 Å². The van der Waals surface area contributed by atoms with Gasteiger partial charge in [-0.3, -0.25) is 0 Å². The molecule has 0 aliphatic rings. The number of nitrogens with one attached hydrogen (secondary N) is 1. The van der Waals surface area contributed by atoms with Crippen molar-refractivity contribution in [3.8, 4) is 0 Å². The molecule has 0 saturated heterocycles. The molecular weight excluding hydrogens is 258 g/mol. The molecule has 1 aromatic carbocycles. The van der Waals surface area contributed by atoms with E-state index in [1.807, 2.05) is 51.1 Å². The molecule has 1 unspecified atom stereocenters. The molecule has 0 radical (unpaired) electrons. The maximum atomic E-state index is 11.6. The van der Waals surface area contributed by atoms with Gasteiger partial charge in [0, 0.05) is 0 Å². The number of rotatable bonds is 6. The molecule has 1 aromatic rings. The Hall–Kier alpha value is -1.59. The predicted molar refractivity (Wildman–Crippen MR) is 76.5 cm³/mol. The smallest absolute Gasteiger partial charge is 0.407 e. The number of alkyl carbamates (subject to hydrolysis) is 1. The Morgan fingerprint density at radius 3 is 2.50 bits per heavy atom. The van der Waals surface area contributed by atoms with Crippen LogP contribution in [0.1, 0.15) is 32.4 Å². The average Bonchev–Trinajstić information content (AvgIpc) is 2.38. The molecule has 0 fully saturated rings. The van der Waals surface area contributed by atoms with Gasteiger partial charge in [-0.2, -0.15) is 0 Å². The summed E-state index contributed by atoms with van der Waals surface area (Å²) in [7, 11) is 0. The molecule has 1 rings (SSSR count). The monoisotopic (exact) mass is 281 g/mol. The summed E-state index contributed by atoms with van der Waals surface area (Å²) in [6.07, 6.45) is -0.790. The van der Waals surface area contributed by atoms with Crippen LogP contribution in [-0.2, 0) is 9.47 Å². The van der Waals surface area contributed by atoms with E-state index in [2.05, 4.69) is 5.32 Å². The Balaban J connectivity index is 2.55. The summed E-state index contributed by atoms with van der Waals surface area (Å²) in [5, 5.41) is 11.5. The first-order chi connectivity index (χ1) is 9.42. The standard InChI is InChI=1S/C15H23NO4/c1-15(2,3)20-14(18)16-11-13(19-10-9-17)12-7-5-4-6-8-12/h4-8,13,17H,9-11H2,1-3H3,(H,16,18). The van der Waals surface area contributed by atoms with Crippen LogP contribution >= 0.6 is 0 Å². The van der Waals surface area contributed by atoms with Gasteiger partial charge in [-0.15, -0.1) is 0 Å². The number of carbonyl (C=O) groups excluding carboxylic acids is 1. The number of aliphatic hydroxyl groups excluding tert-OH is 1. The van der Waals surface area contributed by atoms with E-state index in [1.54, 1.807) is 0 Å². The van der Waals surface area contributed by atoms with Gasteiger partial charge in [-0.1, -0.05) is 30.3 Å². The maximum Gasteiger partial charge on any atom is 0.407 e. The normalized spacial score (nSPS) is 12.8. The van der Waals surface area contributed by atoms with E-state index in [9.17, 15) is 4.79 Å². The van der Waals surface area contributed by atoms with Crippen molar-refractivity contribution in [1.82, 2.24) is 5.32 Å². The van der Waals surface area contributed by atoms with Crippen LogP contribution in [0.4, 0.5) is 4.79 Å². The van der Waals surface area contributed by atoms with Gasteiger partial charge in [0.25, 0.3) is 0 Å². The lowest BCUT2D eigenvalue weighted by Crippen LogP contribution is -2.35. The minimum Gasteiger partial charge on any atom is -0.444 e. The second-order valence-corrected chi connectivity index (χ2v) is 5.38. The predicted octanol–water partition coefficient (Wildman–Crippen LogP) is 2.26. The minimum absolute atomic E-state index is 0.0598. The minimum atomic E-state index is -0.529. The zero-order valence-electron chi connectivity index (χ0n) is 12.3. The van der Waals surface area contributed by atoms with Gasteiger partial charge >= 0.3 is 6.09 Å². The first-order valence-corrected chi connectivity index (χ1v) is 6.66. The van der Waals surface area contributed by atoms with Crippen molar-refractivity contribution in [2.45, 2.75) is 32.5 Å². The highest BCUT2D eigenvalue weighted by Crippen LogP contribution is 2.16. The summed E-state index contributed by atoms with van der Waals surface area (Å²) in [6, 6.07) is 9.54. The summed E-state index contributed by atoms with van der Waals surface area (Å²) in [4.78, 5) is 11.6. The van der Waals surface area contributed by atoms with Gasteiger partial charge in [-0.05, 0) is 26.3 Å². The molecule has 0 aliphatic carbocycles. The number of carbonyl (C=O) groups is 1. The average molecular weight is 281 g/mol. The SMILES string of the molecule is CC(C)(C)OC(=O)NCC(OCCO)c1ccccc1. The number of amides is 1. The van der Waals surface area contributed by atoms with Crippen molar-refractivity contribution in [2.75, 3.05) is 19.8 Å². The summed E-state index contributed by atoms with van der Waals surface area (Å²) < 4.78 is 10.7. The van der Waals surface area contributed by atoms with E-state index in [-0.39, 0.29) is 19.3 Å². The molecule has 112 valence electrons. The van der Waals surface area contributed by atoms with Crippen molar-refractivity contribution in [1.29, 1.82) is 0 Å². The number of hydrogen-bond acceptors (Lipinski definition) is 4. The number of ether oxygens (including phenoxy) is 2. The first kappa shape index (κ1) is 16.5. The van der Waals surface area contributed by atoms with Crippen LogP contribution in [0.5, 0.6) is 0 Å². The van der Waals surface area contributed by atoms with Gasteiger partial charge in [0.2, 0.25) is 0 Å². The van der Waals surface area contributed by atoms with Crippen molar-refractivity contribution in [3.63, 3.8) is 0 Å². The Kier molecular flexibility index (Phi) is 6.48. The summed E-state index contributed by atoms with van der Waals surface area (Å²) >= 11 is 0. The van der Waals surface area contributed by atoms with Crippen molar-refractivity contribution >= 4 is 6.09 Å². The topological polar surface area (TPSA) is 67.8 Å². The summed E-state index contributed by atoms with van der Waals surface area (Å²) in [6.45, 7) is 5.88. The highest BCUT2D eigenvalue weighted by molar-refractivity contribution is 5.67. The van der Waals surface area contributed by atoms with Gasteiger partial charge < -0.3 is 19.9 Å². The summed E-state index contributed by atoms with van der Waals surface area (Å²) in [5.41, 5.74) is 0.412. The summed E-state index contributed by atoms with van der Waals surface area (Å²) in [5.74, 6) is 0. The molecule has 0 aliphatic heterocycles. The van der Waals surface area contributed by atoms with E-state index in [0.29, 0.717) is 6.54 Å². The lowest BCUT2D eigenvalue weighted by Gasteiger charge is -2.22. The van der Waals surface area contributed by atoms with Gasteiger partial charge in [0.1, 0.15) is 11.7 Å². The van der Waals surface area contributed by atoms with Crippen LogP contribution in [-0.4, -0.2) is 36.6 Å². The van der Waals surface area contributed by atoms with Gasteiger partial charge in [0.05, 0.1) is 19.8 Å². The highest BCUT2D eigenvalue weighted by Gasteiger charge is 2.18.